The monoisotopic (exact) mass is 497 g/mol. The first-order chi connectivity index (χ1) is 17.0. The molecule has 3 atom stereocenters. The van der Waals surface area contributed by atoms with Gasteiger partial charge in [-0.2, -0.15) is 0 Å². The number of benzene rings is 2. The second kappa shape index (κ2) is 9.77. The molecule has 0 bridgehead atoms. The summed E-state index contributed by atoms with van der Waals surface area (Å²) in [6.07, 6.45) is 4.76. The van der Waals surface area contributed by atoms with E-state index in [9.17, 15) is 14.3 Å². The molecule has 2 aromatic carbocycles. The van der Waals surface area contributed by atoms with Gasteiger partial charge in [-0.05, 0) is 42.0 Å². The molecule has 1 aliphatic carbocycles. The summed E-state index contributed by atoms with van der Waals surface area (Å²) in [5.41, 5.74) is 1.64. The molecule has 3 aromatic rings. The quantitative estimate of drug-likeness (QED) is 0.407. The highest BCUT2D eigenvalue weighted by atomic mass is 35.5. The Bertz CT molecular complexity index is 1290. The van der Waals surface area contributed by atoms with Crippen LogP contribution in [0.25, 0.3) is 10.9 Å². The Balaban J connectivity index is 1.30. The van der Waals surface area contributed by atoms with E-state index in [1.54, 1.807) is 18.2 Å². The summed E-state index contributed by atoms with van der Waals surface area (Å²) >= 11 is 5.89. The number of anilines is 3. The normalized spacial score (nSPS) is 21.3. The molecule has 2 aliphatic rings. The molecule has 3 N–H and O–H groups in total. The van der Waals surface area contributed by atoms with Crippen LogP contribution in [-0.4, -0.2) is 59.2 Å². The van der Waals surface area contributed by atoms with E-state index in [1.807, 2.05) is 6.08 Å². The number of piperidine rings is 1. The number of hydrogen-bond acceptors (Lipinski definition) is 7. The number of aliphatic hydroxyl groups is 1. The van der Waals surface area contributed by atoms with Gasteiger partial charge in [0, 0.05) is 49.5 Å². The first-order valence-electron chi connectivity index (χ1n) is 11.3. The van der Waals surface area contributed by atoms with Crippen LogP contribution in [0, 0.1) is 23.6 Å². The average molecular weight is 498 g/mol. The molecule has 1 saturated carbocycles. The number of ether oxygens (including phenoxy) is 1. The van der Waals surface area contributed by atoms with Crippen molar-refractivity contribution in [3.63, 3.8) is 0 Å². The standard InChI is InChI=1S/C25H25ClFN5O3/c1-35-23-9-21-15(25(29-13-28-21)30-14-4-5-20(27)19(26)7-14)8-22(23)31-24(34)3-2-6-32-10-16-17(11-32)18(16)12-33/h2-5,7-9,13,16-18,33H,6,10-12H2,1H3,(H,31,34)(H,28,29,30)/b3-2+/t16-,17?,18?/m0/s1. The Morgan fingerprint density at radius 1 is 1.29 bits per heavy atom. The van der Waals surface area contributed by atoms with Gasteiger partial charge in [0.05, 0.1) is 23.3 Å². The highest BCUT2D eigenvalue weighted by molar-refractivity contribution is 6.31. The van der Waals surface area contributed by atoms with Crippen LogP contribution in [-0.2, 0) is 4.79 Å². The lowest BCUT2D eigenvalue weighted by molar-refractivity contribution is -0.111. The lowest BCUT2D eigenvalue weighted by Crippen LogP contribution is -2.25. The number of fused-ring (bicyclic) bond motifs is 2. The predicted octanol–water partition coefficient (Wildman–Crippen LogP) is 3.84. The highest BCUT2D eigenvalue weighted by Crippen LogP contribution is 2.51. The second-order valence-electron chi connectivity index (χ2n) is 8.83. The third-order valence-corrected chi connectivity index (χ3v) is 6.98. The lowest BCUT2D eigenvalue weighted by atomic mass is 10.1. The van der Waals surface area contributed by atoms with E-state index in [1.165, 1.54) is 31.6 Å². The number of nitrogens with one attached hydrogen (secondary N) is 2. The van der Waals surface area contributed by atoms with Crippen LogP contribution in [0.5, 0.6) is 5.75 Å². The van der Waals surface area contributed by atoms with Gasteiger partial charge in [-0.3, -0.25) is 9.69 Å². The minimum absolute atomic E-state index is 0.00561. The number of aliphatic hydroxyl groups excluding tert-OH is 1. The molecule has 1 amide bonds. The van der Waals surface area contributed by atoms with Crippen LogP contribution in [0.1, 0.15) is 0 Å². The zero-order chi connectivity index (χ0) is 24.5. The summed E-state index contributed by atoms with van der Waals surface area (Å²) in [4.78, 5) is 23.5. The third-order valence-electron chi connectivity index (χ3n) is 6.69. The lowest BCUT2D eigenvalue weighted by Gasteiger charge is -2.16. The predicted molar refractivity (Wildman–Crippen MR) is 133 cm³/mol. The first-order valence-corrected chi connectivity index (χ1v) is 11.7. The Kier molecular flexibility index (Phi) is 6.55. The van der Waals surface area contributed by atoms with E-state index < -0.39 is 5.82 Å². The van der Waals surface area contributed by atoms with E-state index in [2.05, 4.69) is 25.5 Å². The van der Waals surface area contributed by atoms with Gasteiger partial charge in [-0.1, -0.05) is 17.7 Å². The maximum atomic E-state index is 13.5. The van der Waals surface area contributed by atoms with Crippen molar-refractivity contribution < 1.29 is 19.0 Å². The number of carbonyl (C=O) groups is 1. The smallest absolute Gasteiger partial charge is 0.248 e. The summed E-state index contributed by atoms with van der Waals surface area (Å²) < 4.78 is 19.0. The molecule has 0 spiro atoms. The van der Waals surface area contributed by atoms with Gasteiger partial charge in [0.2, 0.25) is 5.91 Å². The number of likely N-dealkylation sites (tertiary alicyclic amines) is 1. The molecule has 5 rings (SSSR count). The Labute approximate surface area is 206 Å². The highest BCUT2D eigenvalue weighted by Gasteiger charge is 2.54. The van der Waals surface area contributed by atoms with Gasteiger partial charge in [0.15, 0.2) is 0 Å². The van der Waals surface area contributed by atoms with Crippen molar-refractivity contribution in [2.75, 3.05) is 44.0 Å². The largest absolute Gasteiger partial charge is 0.494 e. The third kappa shape index (κ3) is 4.93. The van der Waals surface area contributed by atoms with E-state index >= 15 is 0 Å². The van der Waals surface area contributed by atoms with E-state index in [4.69, 9.17) is 16.3 Å². The molecule has 2 fully saturated rings. The van der Waals surface area contributed by atoms with Crippen molar-refractivity contribution >= 4 is 45.6 Å². The topological polar surface area (TPSA) is 99.6 Å². The van der Waals surface area contributed by atoms with E-state index in [-0.39, 0.29) is 17.5 Å². The van der Waals surface area contributed by atoms with Crippen molar-refractivity contribution in [1.82, 2.24) is 14.9 Å². The van der Waals surface area contributed by atoms with Gasteiger partial charge in [0.1, 0.15) is 23.7 Å². The molecule has 10 heteroatoms. The van der Waals surface area contributed by atoms with Crippen molar-refractivity contribution in [2.24, 2.45) is 17.8 Å². The molecule has 1 aliphatic heterocycles. The summed E-state index contributed by atoms with van der Waals surface area (Å²) in [5.74, 6) is 1.80. The molecule has 2 unspecified atom stereocenters. The number of rotatable bonds is 8. The van der Waals surface area contributed by atoms with Crippen LogP contribution >= 0.6 is 11.6 Å². The van der Waals surface area contributed by atoms with E-state index in [0.717, 1.165) is 13.1 Å². The van der Waals surface area contributed by atoms with Gasteiger partial charge >= 0.3 is 0 Å². The number of hydrogen-bond donors (Lipinski definition) is 3. The zero-order valence-electron chi connectivity index (χ0n) is 19.0. The number of aromatic nitrogens is 2. The number of methoxy groups -OCH3 is 1. The Hall–Kier alpha value is -3.27. The molecule has 0 radical (unpaired) electrons. The fourth-order valence-electron chi connectivity index (χ4n) is 4.80. The maximum absolute atomic E-state index is 13.5. The maximum Gasteiger partial charge on any atom is 0.248 e. The second-order valence-corrected chi connectivity index (χ2v) is 9.24. The Morgan fingerprint density at radius 3 is 2.80 bits per heavy atom. The van der Waals surface area contributed by atoms with Gasteiger partial charge in [0.25, 0.3) is 0 Å². The molecule has 8 nitrogen and oxygen atoms in total. The minimum Gasteiger partial charge on any atom is -0.494 e. The van der Waals surface area contributed by atoms with Crippen LogP contribution in [0.15, 0.2) is 48.8 Å². The number of halogens is 2. The van der Waals surface area contributed by atoms with Crippen molar-refractivity contribution in [3.05, 3.63) is 59.7 Å². The van der Waals surface area contributed by atoms with Crippen molar-refractivity contribution in [1.29, 1.82) is 0 Å². The van der Waals surface area contributed by atoms with Crippen molar-refractivity contribution in [3.8, 4) is 5.75 Å². The number of nitrogens with zero attached hydrogens (tertiary/aromatic N) is 3. The van der Waals surface area contributed by atoms with E-state index in [0.29, 0.717) is 58.1 Å². The van der Waals surface area contributed by atoms with Crippen LogP contribution in [0.3, 0.4) is 0 Å². The molecule has 2 heterocycles. The summed E-state index contributed by atoms with van der Waals surface area (Å²) in [7, 11) is 1.52. The average Bonchev–Trinajstić information content (AvgIpc) is 3.33. The van der Waals surface area contributed by atoms with Gasteiger partial charge < -0.3 is 20.5 Å². The Morgan fingerprint density at radius 2 is 2.09 bits per heavy atom. The molecular formula is C25H25ClFN5O3. The minimum atomic E-state index is -0.511. The molecule has 35 heavy (non-hydrogen) atoms. The van der Waals surface area contributed by atoms with Crippen LogP contribution < -0.4 is 15.4 Å². The SMILES string of the molecule is COc1cc2ncnc(Nc3ccc(F)c(Cl)c3)c2cc1NC(=O)/C=C/CN1CC2C(CO)[C@H]2C1. The summed E-state index contributed by atoms with van der Waals surface area (Å²) in [6.45, 7) is 2.90. The van der Waals surface area contributed by atoms with Gasteiger partial charge in [-0.15, -0.1) is 0 Å². The molecular weight excluding hydrogens is 473 g/mol. The molecule has 182 valence electrons. The molecule has 1 saturated heterocycles. The fourth-order valence-corrected chi connectivity index (χ4v) is 4.98. The number of carbonyl (C=O) groups excluding carboxylic acids is 1. The summed E-state index contributed by atoms with van der Waals surface area (Å²) in [6, 6.07) is 7.74. The van der Waals surface area contributed by atoms with Crippen molar-refractivity contribution in [2.45, 2.75) is 0 Å². The zero-order valence-corrected chi connectivity index (χ0v) is 19.8. The van der Waals surface area contributed by atoms with Crippen LogP contribution in [0.4, 0.5) is 21.6 Å². The first kappa shape index (κ1) is 23.5. The van der Waals surface area contributed by atoms with Gasteiger partial charge in [-0.25, -0.2) is 14.4 Å². The fraction of sp³-hybridized carbons (Fsp3) is 0.320. The summed E-state index contributed by atoms with van der Waals surface area (Å²) in [5, 5.41) is 15.9. The number of amides is 1. The van der Waals surface area contributed by atoms with Crippen LogP contribution in [0.2, 0.25) is 5.02 Å². The molecule has 1 aromatic heterocycles.